The summed E-state index contributed by atoms with van der Waals surface area (Å²) in [6.45, 7) is 0. The van der Waals surface area contributed by atoms with E-state index in [1.165, 1.54) is 0 Å². The van der Waals surface area contributed by atoms with Crippen molar-refractivity contribution in [1.82, 2.24) is 14.9 Å². The molecule has 0 bridgehead atoms. The van der Waals surface area contributed by atoms with Crippen LogP contribution >= 0.6 is 35.4 Å². The monoisotopic (exact) mass is 483 g/mol. The SMILES string of the molecule is COc1ccc(/C=N/n2c(Cc3ccccc3Nc3c(Cl)cccc3Cl)n[nH]c2=S)cc1. The van der Waals surface area contributed by atoms with E-state index in [0.717, 1.165) is 22.6 Å². The molecule has 0 saturated heterocycles. The van der Waals surface area contributed by atoms with Gasteiger partial charge in [-0.3, -0.25) is 5.10 Å². The van der Waals surface area contributed by atoms with Gasteiger partial charge in [0, 0.05) is 12.1 Å². The number of benzene rings is 3. The summed E-state index contributed by atoms with van der Waals surface area (Å²) in [5.74, 6) is 1.45. The highest BCUT2D eigenvalue weighted by atomic mass is 35.5. The summed E-state index contributed by atoms with van der Waals surface area (Å²) in [7, 11) is 1.63. The first-order valence-electron chi connectivity index (χ1n) is 9.69. The molecule has 3 aromatic carbocycles. The fourth-order valence-corrected chi connectivity index (χ4v) is 3.78. The van der Waals surface area contributed by atoms with Crippen molar-refractivity contribution in [2.24, 2.45) is 5.10 Å². The van der Waals surface area contributed by atoms with Gasteiger partial charge in [-0.15, -0.1) is 0 Å². The standard InChI is InChI=1S/C23H19Cl2N5OS/c1-31-17-11-9-15(10-12-17)14-26-30-21(28-29-23(30)32)13-16-5-2-3-8-20(16)27-22-18(24)6-4-7-19(22)25/h2-12,14,27H,13H2,1H3,(H,29,32)/b26-14+. The number of aromatic nitrogens is 3. The maximum absolute atomic E-state index is 6.33. The molecule has 0 atom stereocenters. The lowest BCUT2D eigenvalue weighted by molar-refractivity contribution is 0.415. The molecule has 4 rings (SSSR count). The average molecular weight is 484 g/mol. The van der Waals surface area contributed by atoms with Gasteiger partial charge in [0.2, 0.25) is 4.77 Å². The molecule has 0 unspecified atom stereocenters. The van der Waals surface area contributed by atoms with Crippen molar-refractivity contribution in [3.63, 3.8) is 0 Å². The topological polar surface area (TPSA) is 67.2 Å². The highest BCUT2D eigenvalue weighted by Crippen LogP contribution is 2.34. The van der Waals surface area contributed by atoms with Crippen LogP contribution in [0.15, 0.2) is 71.8 Å². The largest absolute Gasteiger partial charge is 0.497 e. The smallest absolute Gasteiger partial charge is 0.216 e. The minimum atomic E-state index is 0.407. The fourth-order valence-electron chi connectivity index (χ4n) is 3.09. The van der Waals surface area contributed by atoms with Crippen LogP contribution in [0.3, 0.4) is 0 Å². The van der Waals surface area contributed by atoms with Crippen molar-refractivity contribution >= 4 is 53.0 Å². The van der Waals surface area contributed by atoms with E-state index in [1.54, 1.807) is 36.2 Å². The minimum Gasteiger partial charge on any atom is -0.497 e. The second kappa shape index (κ2) is 9.99. The molecule has 1 heterocycles. The molecule has 6 nitrogen and oxygen atoms in total. The lowest BCUT2D eigenvalue weighted by Gasteiger charge is -2.14. The molecule has 9 heteroatoms. The Kier molecular flexibility index (Phi) is 6.90. The highest BCUT2D eigenvalue weighted by molar-refractivity contribution is 7.71. The molecule has 0 aliphatic rings. The molecule has 4 aromatic rings. The van der Waals surface area contributed by atoms with Crippen LogP contribution in [0.25, 0.3) is 0 Å². The van der Waals surface area contributed by atoms with E-state index in [1.807, 2.05) is 48.5 Å². The summed E-state index contributed by atoms with van der Waals surface area (Å²) in [6.07, 6.45) is 2.21. The van der Waals surface area contributed by atoms with E-state index in [2.05, 4.69) is 20.6 Å². The maximum Gasteiger partial charge on any atom is 0.216 e. The van der Waals surface area contributed by atoms with Gasteiger partial charge >= 0.3 is 0 Å². The zero-order valence-electron chi connectivity index (χ0n) is 17.0. The van der Waals surface area contributed by atoms with Crippen LogP contribution in [-0.2, 0) is 6.42 Å². The van der Waals surface area contributed by atoms with Crippen LogP contribution in [0.2, 0.25) is 10.0 Å². The lowest BCUT2D eigenvalue weighted by Crippen LogP contribution is -2.03. The number of methoxy groups -OCH3 is 1. The van der Waals surface area contributed by atoms with Crippen molar-refractivity contribution < 1.29 is 4.74 Å². The Hall–Kier alpha value is -3.13. The van der Waals surface area contributed by atoms with E-state index in [4.69, 9.17) is 40.2 Å². The molecule has 162 valence electrons. The number of nitrogens with zero attached hydrogens (tertiary/aromatic N) is 3. The van der Waals surface area contributed by atoms with E-state index in [-0.39, 0.29) is 0 Å². The van der Waals surface area contributed by atoms with Crippen LogP contribution in [-0.4, -0.2) is 28.2 Å². The predicted molar refractivity (Wildman–Crippen MR) is 132 cm³/mol. The van der Waals surface area contributed by atoms with Crippen LogP contribution in [0.5, 0.6) is 5.75 Å². The molecule has 0 aliphatic carbocycles. The van der Waals surface area contributed by atoms with Gasteiger partial charge < -0.3 is 10.1 Å². The van der Waals surface area contributed by atoms with Gasteiger partial charge in [0.05, 0.1) is 29.1 Å². The molecule has 0 aliphatic heterocycles. The Labute approximate surface area is 200 Å². The van der Waals surface area contributed by atoms with E-state index in [9.17, 15) is 0 Å². The number of H-pyrrole nitrogens is 1. The molecule has 0 amide bonds. The molecule has 0 fully saturated rings. The maximum atomic E-state index is 6.33. The molecule has 2 N–H and O–H groups in total. The summed E-state index contributed by atoms with van der Waals surface area (Å²) in [5, 5.41) is 16.1. The third-order valence-electron chi connectivity index (χ3n) is 4.74. The molecule has 1 aromatic heterocycles. The van der Waals surface area contributed by atoms with Crippen LogP contribution < -0.4 is 10.1 Å². The fraction of sp³-hybridized carbons (Fsp3) is 0.0870. The number of hydrogen-bond acceptors (Lipinski definition) is 5. The summed E-state index contributed by atoms with van der Waals surface area (Å²) in [4.78, 5) is 0. The second-order valence-corrected chi connectivity index (χ2v) is 8.03. The summed E-state index contributed by atoms with van der Waals surface area (Å²) < 4.78 is 7.21. The molecule has 0 spiro atoms. The predicted octanol–water partition coefficient (Wildman–Crippen LogP) is 6.47. The number of nitrogens with one attached hydrogen (secondary N) is 2. The molecule has 0 radical (unpaired) electrons. The minimum absolute atomic E-state index is 0.407. The van der Waals surface area contributed by atoms with Crippen molar-refractivity contribution in [2.45, 2.75) is 6.42 Å². The van der Waals surface area contributed by atoms with Crippen LogP contribution in [0.4, 0.5) is 11.4 Å². The second-order valence-electron chi connectivity index (χ2n) is 6.83. The van der Waals surface area contributed by atoms with E-state index < -0.39 is 0 Å². The molecule has 32 heavy (non-hydrogen) atoms. The van der Waals surface area contributed by atoms with Crippen LogP contribution in [0, 0.1) is 4.77 Å². The first-order valence-corrected chi connectivity index (χ1v) is 10.8. The van der Waals surface area contributed by atoms with Gasteiger partial charge in [-0.2, -0.15) is 14.9 Å². The zero-order chi connectivity index (χ0) is 22.5. The Morgan fingerprint density at radius 1 is 1.06 bits per heavy atom. The number of para-hydroxylation sites is 2. The molecular weight excluding hydrogens is 465 g/mol. The molecule has 0 saturated carbocycles. The van der Waals surface area contributed by atoms with Gasteiger partial charge in [0.15, 0.2) is 5.82 Å². The third kappa shape index (κ3) is 5.02. The molecular formula is C23H19Cl2N5OS. The Balaban J connectivity index is 1.61. The van der Waals surface area contributed by atoms with E-state index >= 15 is 0 Å². The summed E-state index contributed by atoms with van der Waals surface area (Å²) in [6, 6.07) is 20.8. The Morgan fingerprint density at radius 2 is 1.78 bits per heavy atom. The quantitative estimate of drug-likeness (QED) is 0.233. The Bertz CT molecular complexity index is 1290. The van der Waals surface area contributed by atoms with Crippen LogP contribution in [0.1, 0.15) is 17.0 Å². The number of halogens is 2. The van der Waals surface area contributed by atoms with Gasteiger partial charge in [0.25, 0.3) is 0 Å². The van der Waals surface area contributed by atoms with Crippen molar-refractivity contribution in [3.8, 4) is 5.75 Å². The van der Waals surface area contributed by atoms with Crippen molar-refractivity contribution in [2.75, 3.05) is 12.4 Å². The normalized spacial score (nSPS) is 11.1. The number of ether oxygens (including phenoxy) is 1. The number of aromatic amines is 1. The first-order chi connectivity index (χ1) is 15.5. The number of rotatable bonds is 7. The van der Waals surface area contributed by atoms with Crippen molar-refractivity contribution in [1.29, 1.82) is 0 Å². The van der Waals surface area contributed by atoms with Gasteiger partial charge in [0.1, 0.15) is 5.75 Å². The van der Waals surface area contributed by atoms with Crippen molar-refractivity contribution in [3.05, 3.63) is 98.5 Å². The van der Waals surface area contributed by atoms with Gasteiger partial charge in [-0.05, 0) is 65.8 Å². The third-order valence-corrected chi connectivity index (χ3v) is 5.64. The zero-order valence-corrected chi connectivity index (χ0v) is 19.4. The number of hydrogen-bond donors (Lipinski definition) is 2. The van der Waals surface area contributed by atoms with E-state index in [0.29, 0.717) is 32.7 Å². The van der Waals surface area contributed by atoms with Gasteiger partial charge in [-0.25, -0.2) is 0 Å². The summed E-state index contributed by atoms with van der Waals surface area (Å²) in [5.41, 5.74) is 3.41. The summed E-state index contributed by atoms with van der Waals surface area (Å²) >= 11 is 18.0. The lowest BCUT2D eigenvalue weighted by atomic mass is 10.1. The highest BCUT2D eigenvalue weighted by Gasteiger charge is 2.12. The average Bonchev–Trinajstić information content (AvgIpc) is 3.15. The first kappa shape index (κ1) is 22.1. The Morgan fingerprint density at radius 3 is 2.50 bits per heavy atom. The number of anilines is 2. The van der Waals surface area contributed by atoms with Gasteiger partial charge in [-0.1, -0.05) is 47.5 Å².